The number of aromatic nitrogens is 1. The van der Waals surface area contributed by atoms with Gasteiger partial charge in [0.05, 0.1) is 18.9 Å². The van der Waals surface area contributed by atoms with Gasteiger partial charge in [-0.05, 0) is 20.3 Å². The van der Waals surface area contributed by atoms with Crippen LogP contribution >= 0.6 is 0 Å². The van der Waals surface area contributed by atoms with Crippen LogP contribution in [0.3, 0.4) is 0 Å². The monoisotopic (exact) mass is 238 g/mol. The molecular weight excluding hydrogens is 216 g/mol. The van der Waals surface area contributed by atoms with Crippen LogP contribution in [0.25, 0.3) is 0 Å². The van der Waals surface area contributed by atoms with E-state index in [4.69, 9.17) is 4.74 Å². The lowest BCUT2D eigenvalue weighted by Gasteiger charge is -2.14. The fourth-order valence-corrected chi connectivity index (χ4v) is 1.75. The van der Waals surface area contributed by atoms with Gasteiger partial charge in [0, 0.05) is 30.4 Å². The van der Waals surface area contributed by atoms with Crippen molar-refractivity contribution in [3.8, 4) is 5.75 Å². The van der Waals surface area contributed by atoms with Gasteiger partial charge in [-0.25, -0.2) is 0 Å². The number of ether oxygens (including phenoxy) is 1. The molecule has 4 nitrogen and oxygen atoms in total. The van der Waals surface area contributed by atoms with Crippen molar-refractivity contribution in [2.75, 3.05) is 13.7 Å². The van der Waals surface area contributed by atoms with Gasteiger partial charge in [0.25, 0.3) is 0 Å². The van der Waals surface area contributed by atoms with Gasteiger partial charge in [0.1, 0.15) is 5.75 Å². The average Bonchev–Trinajstić information content (AvgIpc) is 2.32. The van der Waals surface area contributed by atoms with E-state index in [1.807, 2.05) is 27.0 Å². The summed E-state index contributed by atoms with van der Waals surface area (Å²) < 4.78 is 5.35. The fraction of sp³-hybridized carbons (Fsp3) is 0.615. The summed E-state index contributed by atoms with van der Waals surface area (Å²) in [5.74, 6) is 0.896. The quantitative estimate of drug-likeness (QED) is 0.790. The Morgan fingerprint density at radius 1 is 1.47 bits per heavy atom. The molecule has 0 aliphatic carbocycles. The molecule has 1 unspecified atom stereocenters. The minimum atomic E-state index is -0.289. The Morgan fingerprint density at radius 2 is 2.18 bits per heavy atom. The van der Waals surface area contributed by atoms with Crippen molar-refractivity contribution in [2.24, 2.45) is 0 Å². The van der Waals surface area contributed by atoms with Crippen LogP contribution in [0.5, 0.6) is 5.75 Å². The van der Waals surface area contributed by atoms with E-state index < -0.39 is 0 Å². The summed E-state index contributed by atoms with van der Waals surface area (Å²) in [5.41, 5.74) is 3.07. The third-order valence-corrected chi connectivity index (χ3v) is 2.89. The molecule has 0 aliphatic rings. The van der Waals surface area contributed by atoms with Gasteiger partial charge in [0.15, 0.2) is 0 Å². The summed E-state index contributed by atoms with van der Waals surface area (Å²) >= 11 is 0. The van der Waals surface area contributed by atoms with Crippen molar-refractivity contribution in [1.82, 2.24) is 10.3 Å². The van der Waals surface area contributed by atoms with Crippen LogP contribution in [-0.4, -0.2) is 29.8 Å². The molecule has 0 aromatic carbocycles. The standard InChI is InChI=1S/C13H22N2O2/c1-5-11(16)7-14-8-12-10(3)13(17-4)9(2)6-15-12/h6,11,14,16H,5,7-8H2,1-4H3. The highest BCUT2D eigenvalue weighted by molar-refractivity contribution is 5.40. The first-order valence-electron chi connectivity index (χ1n) is 5.98. The van der Waals surface area contributed by atoms with Crippen LogP contribution in [0.4, 0.5) is 0 Å². The molecule has 0 spiro atoms. The number of nitrogens with one attached hydrogen (secondary N) is 1. The largest absolute Gasteiger partial charge is 0.496 e. The van der Waals surface area contributed by atoms with Crippen molar-refractivity contribution >= 4 is 0 Å². The summed E-state index contributed by atoms with van der Waals surface area (Å²) in [4.78, 5) is 4.38. The van der Waals surface area contributed by atoms with Crippen LogP contribution in [-0.2, 0) is 6.54 Å². The second-order valence-corrected chi connectivity index (χ2v) is 4.24. The first-order chi connectivity index (χ1) is 8.10. The zero-order chi connectivity index (χ0) is 12.8. The fourth-order valence-electron chi connectivity index (χ4n) is 1.75. The summed E-state index contributed by atoms with van der Waals surface area (Å²) in [6.45, 7) is 7.20. The van der Waals surface area contributed by atoms with E-state index in [0.717, 1.165) is 29.0 Å². The minimum Gasteiger partial charge on any atom is -0.496 e. The van der Waals surface area contributed by atoms with Crippen molar-refractivity contribution in [1.29, 1.82) is 0 Å². The number of nitrogens with zero attached hydrogens (tertiary/aromatic N) is 1. The molecule has 96 valence electrons. The van der Waals surface area contributed by atoms with Gasteiger partial charge in [-0.3, -0.25) is 4.98 Å². The molecule has 0 radical (unpaired) electrons. The third-order valence-electron chi connectivity index (χ3n) is 2.89. The third kappa shape index (κ3) is 3.68. The number of aryl methyl sites for hydroxylation is 1. The van der Waals surface area contributed by atoms with E-state index in [1.165, 1.54) is 0 Å². The maximum Gasteiger partial charge on any atom is 0.128 e. The molecule has 1 rings (SSSR count). The van der Waals surface area contributed by atoms with Crippen molar-refractivity contribution in [3.63, 3.8) is 0 Å². The molecule has 1 aromatic rings. The van der Waals surface area contributed by atoms with Gasteiger partial charge in [-0.2, -0.15) is 0 Å². The Balaban J connectivity index is 2.66. The molecule has 1 heterocycles. The van der Waals surface area contributed by atoms with Gasteiger partial charge < -0.3 is 15.2 Å². The van der Waals surface area contributed by atoms with Crippen LogP contribution < -0.4 is 10.1 Å². The summed E-state index contributed by atoms with van der Waals surface area (Å²) in [7, 11) is 1.67. The maximum absolute atomic E-state index is 9.44. The molecule has 1 aromatic heterocycles. The highest BCUT2D eigenvalue weighted by Crippen LogP contribution is 2.23. The molecule has 0 amide bonds. The molecule has 17 heavy (non-hydrogen) atoms. The molecule has 0 saturated heterocycles. The Morgan fingerprint density at radius 3 is 2.76 bits per heavy atom. The SMILES string of the molecule is CCC(O)CNCc1ncc(C)c(OC)c1C. The molecule has 0 fully saturated rings. The number of methoxy groups -OCH3 is 1. The lowest BCUT2D eigenvalue weighted by molar-refractivity contribution is 0.167. The predicted octanol–water partition coefficient (Wildman–Crippen LogP) is 1.57. The molecule has 0 bridgehead atoms. The highest BCUT2D eigenvalue weighted by Gasteiger charge is 2.09. The van der Waals surface area contributed by atoms with E-state index in [1.54, 1.807) is 7.11 Å². The topological polar surface area (TPSA) is 54.4 Å². The zero-order valence-electron chi connectivity index (χ0n) is 11.1. The normalized spacial score (nSPS) is 12.5. The molecule has 2 N–H and O–H groups in total. The molecule has 0 saturated carbocycles. The lowest BCUT2D eigenvalue weighted by Crippen LogP contribution is -2.26. The highest BCUT2D eigenvalue weighted by atomic mass is 16.5. The molecule has 4 heteroatoms. The number of hydrogen-bond acceptors (Lipinski definition) is 4. The second kappa shape index (κ2) is 6.57. The van der Waals surface area contributed by atoms with Crippen molar-refractivity contribution in [3.05, 3.63) is 23.0 Å². The maximum atomic E-state index is 9.44. The Labute approximate surface area is 103 Å². The number of aliphatic hydroxyl groups is 1. The molecule has 0 aliphatic heterocycles. The van der Waals surface area contributed by atoms with Crippen LogP contribution in [0.1, 0.15) is 30.2 Å². The molecular formula is C13H22N2O2. The van der Waals surface area contributed by atoms with Gasteiger partial charge in [-0.1, -0.05) is 6.92 Å². The lowest BCUT2D eigenvalue weighted by atomic mass is 10.1. The second-order valence-electron chi connectivity index (χ2n) is 4.24. The van der Waals surface area contributed by atoms with Crippen LogP contribution in [0.15, 0.2) is 6.20 Å². The number of rotatable bonds is 6. The van der Waals surface area contributed by atoms with Crippen molar-refractivity contribution in [2.45, 2.75) is 39.8 Å². The number of hydrogen-bond donors (Lipinski definition) is 2. The van der Waals surface area contributed by atoms with Crippen LogP contribution in [0, 0.1) is 13.8 Å². The Bertz CT molecular complexity index is 367. The summed E-state index contributed by atoms with van der Waals surface area (Å²) in [6, 6.07) is 0. The summed E-state index contributed by atoms with van der Waals surface area (Å²) in [6.07, 6.45) is 2.29. The van der Waals surface area contributed by atoms with E-state index in [0.29, 0.717) is 13.1 Å². The van der Waals surface area contributed by atoms with Gasteiger partial charge >= 0.3 is 0 Å². The summed E-state index contributed by atoms with van der Waals surface area (Å²) in [5, 5.41) is 12.6. The van der Waals surface area contributed by atoms with E-state index in [9.17, 15) is 5.11 Å². The van der Waals surface area contributed by atoms with Gasteiger partial charge in [0.2, 0.25) is 0 Å². The van der Waals surface area contributed by atoms with Gasteiger partial charge in [-0.15, -0.1) is 0 Å². The van der Waals surface area contributed by atoms with Crippen molar-refractivity contribution < 1.29 is 9.84 Å². The Kier molecular flexibility index (Phi) is 5.38. The zero-order valence-corrected chi connectivity index (χ0v) is 11.1. The number of pyridine rings is 1. The first-order valence-corrected chi connectivity index (χ1v) is 5.98. The minimum absolute atomic E-state index is 0.289. The van der Waals surface area contributed by atoms with E-state index >= 15 is 0 Å². The predicted molar refractivity (Wildman–Crippen MR) is 68.3 cm³/mol. The first kappa shape index (κ1) is 13.9. The Hall–Kier alpha value is -1.13. The van der Waals surface area contributed by atoms with E-state index in [-0.39, 0.29) is 6.10 Å². The average molecular weight is 238 g/mol. The van der Waals surface area contributed by atoms with E-state index in [2.05, 4.69) is 10.3 Å². The van der Waals surface area contributed by atoms with Crippen LogP contribution in [0.2, 0.25) is 0 Å². The number of aliphatic hydroxyl groups excluding tert-OH is 1. The smallest absolute Gasteiger partial charge is 0.128 e. The molecule has 1 atom stereocenters.